The van der Waals surface area contributed by atoms with E-state index < -0.39 is 0 Å². The monoisotopic (exact) mass is 304 g/mol. The van der Waals surface area contributed by atoms with Gasteiger partial charge >= 0.3 is 0 Å². The zero-order chi connectivity index (χ0) is 16.1. The number of pyridine rings is 1. The zero-order valence-corrected chi connectivity index (χ0v) is 13.2. The molecule has 1 saturated heterocycles. The minimum Gasteiger partial charge on any atom is -0.369 e. The summed E-state index contributed by atoms with van der Waals surface area (Å²) in [6.45, 7) is 5.63. The predicted octanol–water partition coefficient (Wildman–Crippen LogP) is 0.765. The van der Waals surface area contributed by atoms with Gasteiger partial charge in [0.05, 0.1) is 18.3 Å². The van der Waals surface area contributed by atoms with E-state index in [-0.39, 0.29) is 30.3 Å². The topological polar surface area (TPSA) is 88.3 Å². The number of carbonyl (C=O) groups is 2. The summed E-state index contributed by atoms with van der Waals surface area (Å²) in [7, 11) is 0. The van der Waals surface area contributed by atoms with Gasteiger partial charge in [0.1, 0.15) is 0 Å². The van der Waals surface area contributed by atoms with E-state index in [9.17, 15) is 9.59 Å². The fraction of sp³-hybridized carbons (Fsp3) is 0.562. The van der Waals surface area contributed by atoms with E-state index in [4.69, 9.17) is 5.73 Å². The quantitative estimate of drug-likeness (QED) is 0.841. The van der Waals surface area contributed by atoms with Crippen molar-refractivity contribution in [1.29, 1.82) is 0 Å². The van der Waals surface area contributed by atoms with Crippen molar-refractivity contribution in [3.8, 4) is 0 Å². The normalized spacial score (nSPS) is 17.9. The standard InChI is InChI=1S/C16H24N4O2/c1-11-4-3-5-14(18-11)12(2)19-16(22)13-6-8-20(9-7-13)10-15(17)21/h3-5,12-13H,6-10H2,1-2H3,(H2,17,21)(H,19,22). The molecule has 2 amide bonds. The molecule has 1 fully saturated rings. The van der Waals surface area contributed by atoms with Crippen LogP contribution in [0.25, 0.3) is 0 Å². The smallest absolute Gasteiger partial charge is 0.231 e. The Hall–Kier alpha value is -1.95. The van der Waals surface area contributed by atoms with Crippen LogP contribution in [-0.4, -0.2) is 41.3 Å². The van der Waals surface area contributed by atoms with Crippen molar-refractivity contribution in [1.82, 2.24) is 15.2 Å². The Bertz CT molecular complexity index is 539. The Labute approximate surface area is 131 Å². The van der Waals surface area contributed by atoms with Crippen molar-refractivity contribution in [2.45, 2.75) is 32.7 Å². The number of nitrogens with zero attached hydrogens (tertiary/aromatic N) is 2. The number of carbonyl (C=O) groups excluding carboxylic acids is 2. The fourth-order valence-corrected chi connectivity index (χ4v) is 2.78. The molecular formula is C16H24N4O2. The Morgan fingerprint density at radius 1 is 1.41 bits per heavy atom. The molecule has 120 valence electrons. The number of rotatable bonds is 5. The molecular weight excluding hydrogens is 280 g/mol. The highest BCUT2D eigenvalue weighted by Crippen LogP contribution is 2.19. The predicted molar refractivity (Wildman–Crippen MR) is 83.9 cm³/mol. The molecule has 1 aliphatic rings. The van der Waals surface area contributed by atoms with Crippen LogP contribution in [0.4, 0.5) is 0 Å². The van der Waals surface area contributed by atoms with Gasteiger partial charge in [-0.3, -0.25) is 19.5 Å². The molecule has 6 heteroatoms. The van der Waals surface area contributed by atoms with Gasteiger partial charge in [-0.2, -0.15) is 0 Å². The summed E-state index contributed by atoms with van der Waals surface area (Å²) >= 11 is 0. The molecule has 0 spiro atoms. The van der Waals surface area contributed by atoms with Crippen molar-refractivity contribution >= 4 is 11.8 Å². The highest BCUT2D eigenvalue weighted by molar-refractivity contribution is 5.79. The van der Waals surface area contributed by atoms with E-state index in [1.54, 1.807) is 0 Å². The third-order valence-electron chi connectivity index (χ3n) is 4.05. The van der Waals surface area contributed by atoms with Crippen molar-refractivity contribution in [2.75, 3.05) is 19.6 Å². The Balaban J connectivity index is 1.84. The van der Waals surface area contributed by atoms with Gasteiger partial charge in [0, 0.05) is 11.6 Å². The van der Waals surface area contributed by atoms with Crippen LogP contribution in [0.1, 0.15) is 37.2 Å². The first-order chi connectivity index (χ1) is 10.5. The lowest BCUT2D eigenvalue weighted by Gasteiger charge is -2.30. The van der Waals surface area contributed by atoms with Gasteiger partial charge in [-0.25, -0.2) is 0 Å². The van der Waals surface area contributed by atoms with Gasteiger partial charge in [-0.05, 0) is 51.9 Å². The second-order valence-corrected chi connectivity index (χ2v) is 5.95. The third-order valence-corrected chi connectivity index (χ3v) is 4.05. The van der Waals surface area contributed by atoms with Crippen molar-refractivity contribution in [2.24, 2.45) is 11.7 Å². The maximum Gasteiger partial charge on any atom is 0.231 e. The number of aryl methyl sites for hydroxylation is 1. The fourth-order valence-electron chi connectivity index (χ4n) is 2.78. The lowest BCUT2D eigenvalue weighted by molar-refractivity contribution is -0.127. The number of piperidine rings is 1. The Kier molecular flexibility index (Phi) is 5.49. The second kappa shape index (κ2) is 7.35. The molecule has 6 nitrogen and oxygen atoms in total. The molecule has 1 aliphatic heterocycles. The first-order valence-corrected chi connectivity index (χ1v) is 7.70. The molecule has 0 bridgehead atoms. The lowest BCUT2D eigenvalue weighted by atomic mass is 9.95. The summed E-state index contributed by atoms with van der Waals surface area (Å²) in [6.07, 6.45) is 1.51. The molecule has 1 atom stereocenters. The van der Waals surface area contributed by atoms with E-state index >= 15 is 0 Å². The molecule has 22 heavy (non-hydrogen) atoms. The van der Waals surface area contributed by atoms with Crippen LogP contribution in [0.5, 0.6) is 0 Å². The molecule has 0 radical (unpaired) electrons. The first kappa shape index (κ1) is 16.4. The average Bonchev–Trinajstić information content (AvgIpc) is 2.47. The van der Waals surface area contributed by atoms with Gasteiger partial charge in [-0.15, -0.1) is 0 Å². The summed E-state index contributed by atoms with van der Waals surface area (Å²) in [5.74, 6) is -0.257. The second-order valence-electron chi connectivity index (χ2n) is 5.95. The molecule has 1 aromatic rings. The molecule has 0 saturated carbocycles. The number of nitrogens with one attached hydrogen (secondary N) is 1. The average molecular weight is 304 g/mol. The molecule has 1 aromatic heterocycles. The molecule has 0 aromatic carbocycles. The summed E-state index contributed by atoms with van der Waals surface area (Å²) in [6, 6.07) is 5.71. The number of hydrogen-bond acceptors (Lipinski definition) is 4. The van der Waals surface area contributed by atoms with E-state index in [0.29, 0.717) is 0 Å². The van der Waals surface area contributed by atoms with Gasteiger partial charge in [0.15, 0.2) is 0 Å². The Morgan fingerprint density at radius 2 is 2.09 bits per heavy atom. The summed E-state index contributed by atoms with van der Waals surface area (Å²) in [4.78, 5) is 29.7. The zero-order valence-electron chi connectivity index (χ0n) is 13.2. The molecule has 2 heterocycles. The summed E-state index contributed by atoms with van der Waals surface area (Å²) in [5, 5.41) is 3.04. The van der Waals surface area contributed by atoms with Gasteiger partial charge < -0.3 is 11.1 Å². The van der Waals surface area contributed by atoms with Crippen LogP contribution < -0.4 is 11.1 Å². The largest absolute Gasteiger partial charge is 0.369 e. The molecule has 2 rings (SSSR count). The van der Waals surface area contributed by atoms with Gasteiger partial charge in [-0.1, -0.05) is 6.07 Å². The molecule has 1 unspecified atom stereocenters. The van der Waals surface area contributed by atoms with Gasteiger partial charge in [0.2, 0.25) is 11.8 Å². The van der Waals surface area contributed by atoms with Crippen LogP contribution in [-0.2, 0) is 9.59 Å². The minimum absolute atomic E-state index is 0.00335. The number of likely N-dealkylation sites (tertiary alicyclic amines) is 1. The van der Waals surface area contributed by atoms with Crippen LogP contribution >= 0.6 is 0 Å². The van der Waals surface area contributed by atoms with E-state index in [1.807, 2.05) is 36.9 Å². The number of amides is 2. The SMILES string of the molecule is Cc1cccc(C(C)NC(=O)C2CCN(CC(N)=O)CC2)n1. The molecule has 3 N–H and O–H groups in total. The van der Waals surface area contributed by atoms with Crippen LogP contribution in [0.3, 0.4) is 0 Å². The highest BCUT2D eigenvalue weighted by atomic mass is 16.2. The van der Waals surface area contributed by atoms with E-state index in [0.717, 1.165) is 37.3 Å². The Morgan fingerprint density at radius 3 is 2.68 bits per heavy atom. The van der Waals surface area contributed by atoms with Crippen molar-refractivity contribution < 1.29 is 9.59 Å². The number of aromatic nitrogens is 1. The number of nitrogens with two attached hydrogens (primary N) is 1. The van der Waals surface area contributed by atoms with Gasteiger partial charge in [0.25, 0.3) is 0 Å². The third kappa shape index (κ3) is 4.53. The van der Waals surface area contributed by atoms with Crippen LogP contribution in [0.2, 0.25) is 0 Å². The van der Waals surface area contributed by atoms with Crippen molar-refractivity contribution in [3.05, 3.63) is 29.6 Å². The number of primary amides is 1. The summed E-state index contributed by atoms with van der Waals surface area (Å²) in [5.41, 5.74) is 7.01. The molecule has 0 aliphatic carbocycles. The summed E-state index contributed by atoms with van der Waals surface area (Å²) < 4.78 is 0. The highest BCUT2D eigenvalue weighted by Gasteiger charge is 2.26. The number of hydrogen-bond donors (Lipinski definition) is 2. The van der Waals surface area contributed by atoms with E-state index in [2.05, 4.69) is 10.3 Å². The van der Waals surface area contributed by atoms with Crippen molar-refractivity contribution in [3.63, 3.8) is 0 Å². The van der Waals surface area contributed by atoms with E-state index in [1.165, 1.54) is 0 Å². The maximum atomic E-state index is 12.3. The first-order valence-electron chi connectivity index (χ1n) is 7.70. The lowest BCUT2D eigenvalue weighted by Crippen LogP contribution is -2.43. The maximum absolute atomic E-state index is 12.3. The van der Waals surface area contributed by atoms with Crippen LogP contribution in [0.15, 0.2) is 18.2 Å². The van der Waals surface area contributed by atoms with Crippen LogP contribution in [0, 0.1) is 12.8 Å². The minimum atomic E-state index is -0.318.